The van der Waals surface area contributed by atoms with Gasteiger partial charge in [0.05, 0.1) is 13.1 Å². The molecule has 1 saturated heterocycles. The molecule has 3 fully saturated rings. The molecule has 4 atom stereocenters. The normalized spacial score (nSPS) is 32.5. The molecule has 0 radical (unpaired) electrons. The second-order valence-corrected chi connectivity index (χ2v) is 12.0. The quantitative estimate of drug-likeness (QED) is 0.633. The zero-order chi connectivity index (χ0) is 21.3. The molecule has 3 rings (SSSR count). The first kappa shape index (κ1) is 24.1. The number of Topliss-reactive ketones (excluding diaryl/α,β-unsaturated/α-hetero) is 2. The summed E-state index contributed by atoms with van der Waals surface area (Å²) in [5.41, 5.74) is 5.61. The standard InChI is InChI=1S/C23H38N2O3S2/c24-10-9-23(28)25-13-21(26)19-7-3-1-5-17(11-19)15-29-30-16-18-6-2-4-8-20(12-18)22(27)14-25/h17-20H,1-16,24H2. The summed E-state index contributed by atoms with van der Waals surface area (Å²) in [6.45, 7) is 0.420. The molecule has 170 valence electrons. The maximum Gasteiger partial charge on any atom is 0.224 e. The van der Waals surface area contributed by atoms with Crippen LogP contribution in [0.3, 0.4) is 0 Å². The van der Waals surface area contributed by atoms with Crippen LogP contribution in [0.15, 0.2) is 0 Å². The van der Waals surface area contributed by atoms with Crippen LogP contribution in [-0.2, 0) is 14.4 Å². The van der Waals surface area contributed by atoms with Crippen LogP contribution in [0.5, 0.6) is 0 Å². The molecule has 30 heavy (non-hydrogen) atoms. The molecule has 4 unspecified atom stereocenters. The number of carbonyl (C=O) groups is 3. The van der Waals surface area contributed by atoms with Gasteiger partial charge in [-0.2, -0.15) is 0 Å². The lowest BCUT2D eigenvalue weighted by Crippen LogP contribution is -2.43. The van der Waals surface area contributed by atoms with Crippen molar-refractivity contribution < 1.29 is 14.4 Å². The van der Waals surface area contributed by atoms with Crippen molar-refractivity contribution in [2.24, 2.45) is 29.4 Å². The molecular formula is C23H38N2O3S2. The van der Waals surface area contributed by atoms with Gasteiger partial charge in [-0.1, -0.05) is 47.3 Å². The van der Waals surface area contributed by atoms with E-state index in [4.69, 9.17) is 5.73 Å². The van der Waals surface area contributed by atoms with E-state index in [-0.39, 0.29) is 55.4 Å². The molecule has 3 aliphatic rings. The number of nitrogens with zero attached hydrogens (tertiary/aromatic N) is 1. The van der Waals surface area contributed by atoms with E-state index in [1.54, 1.807) is 0 Å². The fourth-order valence-electron chi connectivity index (χ4n) is 5.25. The van der Waals surface area contributed by atoms with Crippen molar-refractivity contribution in [2.75, 3.05) is 31.1 Å². The van der Waals surface area contributed by atoms with Crippen molar-refractivity contribution in [1.29, 1.82) is 0 Å². The number of nitrogens with two attached hydrogens (primary N) is 1. The first-order valence-corrected chi connectivity index (χ1v) is 14.3. The maximum absolute atomic E-state index is 13.2. The van der Waals surface area contributed by atoms with Gasteiger partial charge in [0.25, 0.3) is 0 Å². The number of fused-ring (bicyclic) bond motifs is 4. The molecule has 1 amide bonds. The number of hydrogen-bond acceptors (Lipinski definition) is 6. The maximum atomic E-state index is 13.2. The Morgan fingerprint density at radius 2 is 1.30 bits per heavy atom. The molecule has 0 aromatic carbocycles. The van der Waals surface area contributed by atoms with E-state index in [2.05, 4.69) is 0 Å². The van der Waals surface area contributed by atoms with Crippen molar-refractivity contribution in [1.82, 2.24) is 4.90 Å². The van der Waals surface area contributed by atoms with Crippen molar-refractivity contribution in [3.05, 3.63) is 0 Å². The van der Waals surface area contributed by atoms with Crippen molar-refractivity contribution in [3.63, 3.8) is 0 Å². The summed E-state index contributed by atoms with van der Waals surface area (Å²) in [5.74, 6) is 3.58. The first-order valence-electron chi connectivity index (χ1n) is 11.8. The van der Waals surface area contributed by atoms with E-state index in [1.165, 1.54) is 30.6 Å². The van der Waals surface area contributed by atoms with Gasteiger partial charge in [0.1, 0.15) is 0 Å². The van der Waals surface area contributed by atoms with Crippen molar-refractivity contribution in [3.8, 4) is 0 Å². The molecule has 5 nitrogen and oxygen atoms in total. The molecule has 1 heterocycles. The van der Waals surface area contributed by atoms with Gasteiger partial charge in [0.15, 0.2) is 11.6 Å². The lowest BCUT2D eigenvalue weighted by molar-refractivity contribution is -0.140. The Balaban J connectivity index is 1.79. The fraction of sp³-hybridized carbons (Fsp3) is 0.870. The number of rotatable bonds is 2. The topological polar surface area (TPSA) is 80.5 Å². The third kappa shape index (κ3) is 7.27. The lowest BCUT2D eigenvalue weighted by Gasteiger charge is -2.26. The first-order chi connectivity index (χ1) is 14.6. The van der Waals surface area contributed by atoms with Crippen LogP contribution in [0.4, 0.5) is 0 Å². The highest BCUT2D eigenvalue weighted by Gasteiger charge is 2.32. The van der Waals surface area contributed by atoms with Crippen molar-refractivity contribution in [2.45, 2.75) is 70.6 Å². The van der Waals surface area contributed by atoms with E-state index in [0.29, 0.717) is 11.8 Å². The predicted molar refractivity (Wildman–Crippen MR) is 125 cm³/mol. The zero-order valence-electron chi connectivity index (χ0n) is 18.2. The average molecular weight is 455 g/mol. The Morgan fingerprint density at radius 3 is 1.77 bits per heavy atom. The monoisotopic (exact) mass is 454 g/mol. The van der Waals surface area contributed by atoms with Crippen LogP contribution in [0, 0.1) is 23.7 Å². The predicted octanol–water partition coefficient (Wildman–Crippen LogP) is 4.09. The van der Waals surface area contributed by atoms with E-state index in [9.17, 15) is 14.4 Å². The Kier molecular flexibility index (Phi) is 10.0. The van der Waals surface area contributed by atoms with Gasteiger partial charge in [0.2, 0.25) is 5.91 Å². The van der Waals surface area contributed by atoms with Gasteiger partial charge < -0.3 is 10.6 Å². The highest BCUT2D eigenvalue weighted by atomic mass is 33.1. The van der Waals surface area contributed by atoms with Crippen LogP contribution in [0.25, 0.3) is 0 Å². The molecule has 4 bridgehead atoms. The number of amides is 1. The minimum absolute atomic E-state index is 0.0268. The molecule has 1 aliphatic heterocycles. The van der Waals surface area contributed by atoms with Gasteiger partial charge in [-0.25, -0.2) is 0 Å². The summed E-state index contributed by atoms with van der Waals surface area (Å²) < 4.78 is 0. The summed E-state index contributed by atoms with van der Waals surface area (Å²) in [7, 11) is 3.94. The van der Waals surface area contributed by atoms with Crippen LogP contribution in [-0.4, -0.2) is 53.5 Å². The average Bonchev–Trinajstić information content (AvgIpc) is 3.11. The second-order valence-electron chi connectivity index (χ2n) is 9.46. The van der Waals surface area contributed by atoms with Gasteiger partial charge in [-0.3, -0.25) is 14.4 Å². The van der Waals surface area contributed by atoms with Crippen LogP contribution < -0.4 is 5.73 Å². The molecule has 2 aliphatic carbocycles. The van der Waals surface area contributed by atoms with Crippen molar-refractivity contribution >= 4 is 39.1 Å². The van der Waals surface area contributed by atoms with Gasteiger partial charge in [-0.05, 0) is 50.4 Å². The molecule has 2 N–H and O–H groups in total. The SMILES string of the molecule is NCCC(=O)N1CC(=O)C2CCCCC(CSSCC3CCCCC(C3)C(=O)C1)C2. The number of hydrogen-bond donors (Lipinski definition) is 1. The summed E-state index contributed by atoms with van der Waals surface area (Å²) in [5, 5.41) is 0. The second kappa shape index (κ2) is 12.5. The molecule has 0 aromatic heterocycles. The Labute approximate surface area is 189 Å². The van der Waals surface area contributed by atoms with E-state index >= 15 is 0 Å². The van der Waals surface area contributed by atoms with Crippen LogP contribution >= 0.6 is 21.6 Å². The summed E-state index contributed by atoms with van der Waals surface area (Å²) >= 11 is 0. The largest absolute Gasteiger partial charge is 0.330 e. The molecular weight excluding hydrogens is 416 g/mol. The zero-order valence-corrected chi connectivity index (χ0v) is 19.8. The smallest absolute Gasteiger partial charge is 0.224 e. The summed E-state index contributed by atoms with van der Waals surface area (Å²) in [6, 6.07) is 0. The molecule has 7 heteroatoms. The Morgan fingerprint density at radius 1 is 0.833 bits per heavy atom. The minimum Gasteiger partial charge on any atom is -0.330 e. The summed E-state index contributed by atoms with van der Waals surface area (Å²) in [4.78, 5) is 40.6. The third-order valence-corrected chi connectivity index (χ3v) is 9.77. The van der Waals surface area contributed by atoms with Gasteiger partial charge >= 0.3 is 0 Å². The summed E-state index contributed by atoms with van der Waals surface area (Å²) in [6.07, 6.45) is 10.9. The number of carbonyl (C=O) groups excluding carboxylic acids is 3. The third-order valence-electron chi connectivity index (χ3n) is 7.07. The van der Waals surface area contributed by atoms with Crippen LogP contribution in [0.1, 0.15) is 70.6 Å². The van der Waals surface area contributed by atoms with E-state index in [0.717, 1.165) is 50.0 Å². The van der Waals surface area contributed by atoms with Gasteiger partial charge in [0, 0.05) is 36.3 Å². The molecule has 0 aromatic rings. The number of ketones is 2. The molecule has 2 saturated carbocycles. The van der Waals surface area contributed by atoms with Gasteiger partial charge in [-0.15, -0.1) is 0 Å². The Bertz CT molecular complexity index is 559. The minimum atomic E-state index is -0.148. The lowest BCUT2D eigenvalue weighted by atomic mass is 9.89. The highest BCUT2D eigenvalue weighted by molar-refractivity contribution is 8.76. The van der Waals surface area contributed by atoms with E-state index < -0.39 is 0 Å². The highest BCUT2D eigenvalue weighted by Crippen LogP contribution is 2.37. The molecule has 0 spiro atoms. The van der Waals surface area contributed by atoms with Crippen LogP contribution in [0.2, 0.25) is 0 Å². The Hall–Kier alpha value is -0.530. The van der Waals surface area contributed by atoms with E-state index in [1.807, 2.05) is 21.6 Å². The fourth-order valence-corrected chi connectivity index (χ4v) is 8.16.